The van der Waals surface area contributed by atoms with Crippen LogP contribution in [0.15, 0.2) is 47.8 Å². The van der Waals surface area contributed by atoms with Crippen molar-refractivity contribution in [3.05, 3.63) is 42.9 Å². The topological polar surface area (TPSA) is 106 Å². The Kier molecular flexibility index (Phi) is 3.40. The van der Waals surface area contributed by atoms with Gasteiger partial charge in [0.1, 0.15) is 4.90 Å². The Labute approximate surface area is 121 Å². The molecule has 0 saturated carbocycles. The monoisotopic (exact) mass is 305 g/mol. The lowest BCUT2D eigenvalue weighted by Crippen LogP contribution is -2.27. The van der Waals surface area contributed by atoms with E-state index >= 15 is 0 Å². The van der Waals surface area contributed by atoms with E-state index in [9.17, 15) is 8.42 Å². The zero-order valence-electron chi connectivity index (χ0n) is 11.2. The summed E-state index contributed by atoms with van der Waals surface area (Å²) in [4.78, 5) is 3.14. The van der Waals surface area contributed by atoms with Gasteiger partial charge in [0.15, 0.2) is 0 Å². The summed E-state index contributed by atoms with van der Waals surface area (Å²) in [6.45, 7) is 0.743. The molecule has 3 rings (SSSR count). The van der Waals surface area contributed by atoms with Crippen LogP contribution in [0.4, 0.5) is 5.69 Å². The molecule has 0 aliphatic heterocycles. The molecule has 0 aliphatic carbocycles. The van der Waals surface area contributed by atoms with Crippen LogP contribution in [0.25, 0.3) is 10.9 Å². The van der Waals surface area contributed by atoms with Gasteiger partial charge >= 0.3 is 0 Å². The third-order valence-electron chi connectivity index (χ3n) is 3.15. The van der Waals surface area contributed by atoms with Crippen molar-refractivity contribution in [2.24, 2.45) is 0 Å². The first-order valence-electron chi connectivity index (χ1n) is 6.40. The molecule has 110 valence electrons. The molecule has 0 spiro atoms. The molecule has 8 heteroatoms. The highest BCUT2D eigenvalue weighted by molar-refractivity contribution is 7.89. The normalized spacial score (nSPS) is 12.0. The molecule has 0 amide bonds. The number of H-pyrrole nitrogens is 1. The Morgan fingerprint density at radius 2 is 2.24 bits per heavy atom. The summed E-state index contributed by atoms with van der Waals surface area (Å²) in [6, 6.07) is 6.87. The molecule has 0 unspecified atom stereocenters. The Hall–Kier alpha value is -2.32. The third kappa shape index (κ3) is 2.76. The summed E-state index contributed by atoms with van der Waals surface area (Å²) < 4.78 is 28.9. The molecule has 2 aromatic heterocycles. The minimum Gasteiger partial charge on any atom is -0.399 e. The molecule has 3 aromatic rings. The molecule has 21 heavy (non-hydrogen) atoms. The van der Waals surface area contributed by atoms with E-state index in [1.807, 2.05) is 0 Å². The van der Waals surface area contributed by atoms with E-state index < -0.39 is 10.0 Å². The van der Waals surface area contributed by atoms with E-state index in [1.54, 1.807) is 41.3 Å². The predicted octanol–water partition coefficient (Wildman–Crippen LogP) is 0.925. The Morgan fingerprint density at radius 1 is 1.38 bits per heavy atom. The minimum atomic E-state index is -3.57. The maximum absolute atomic E-state index is 12.3. The first-order valence-corrected chi connectivity index (χ1v) is 7.88. The number of fused-ring (bicyclic) bond motifs is 1. The molecule has 0 bridgehead atoms. The predicted molar refractivity (Wildman–Crippen MR) is 80.1 cm³/mol. The minimum absolute atomic E-state index is 0.220. The summed E-state index contributed by atoms with van der Waals surface area (Å²) in [5.41, 5.74) is 6.96. The Bertz CT molecular complexity index is 852. The molecule has 0 atom stereocenters. The summed E-state index contributed by atoms with van der Waals surface area (Å²) in [5.74, 6) is 0. The molecule has 7 nitrogen and oxygen atoms in total. The molecule has 0 aliphatic rings. The highest BCUT2D eigenvalue weighted by atomic mass is 32.2. The van der Waals surface area contributed by atoms with Crippen molar-refractivity contribution in [3.63, 3.8) is 0 Å². The maximum atomic E-state index is 12.3. The van der Waals surface area contributed by atoms with Crippen molar-refractivity contribution in [2.75, 3.05) is 12.3 Å². The van der Waals surface area contributed by atoms with Gasteiger partial charge in [-0.05, 0) is 24.3 Å². The van der Waals surface area contributed by atoms with Gasteiger partial charge in [-0.2, -0.15) is 5.10 Å². The van der Waals surface area contributed by atoms with Crippen molar-refractivity contribution < 1.29 is 8.42 Å². The number of nitrogen functional groups attached to an aromatic ring is 1. The maximum Gasteiger partial charge on any atom is 0.242 e. The fourth-order valence-electron chi connectivity index (χ4n) is 2.14. The van der Waals surface area contributed by atoms with Crippen LogP contribution in [-0.4, -0.2) is 29.7 Å². The number of benzene rings is 1. The van der Waals surface area contributed by atoms with E-state index in [4.69, 9.17) is 5.73 Å². The highest BCUT2D eigenvalue weighted by Gasteiger charge is 2.18. The second-order valence-corrected chi connectivity index (χ2v) is 6.36. The van der Waals surface area contributed by atoms with Crippen LogP contribution >= 0.6 is 0 Å². The SMILES string of the molecule is Nc1ccc2c(S(=O)(=O)NCCn3cccn3)c[nH]c2c1. The largest absolute Gasteiger partial charge is 0.399 e. The van der Waals surface area contributed by atoms with Gasteiger partial charge in [-0.15, -0.1) is 0 Å². The number of nitrogens with two attached hydrogens (primary N) is 1. The Balaban J connectivity index is 1.80. The summed E-state index contributed by atoms with van der Waals surface area (Å²) in [5, 5.41) is 4.64. The van der Waals surface area contributed by atoms with E-state index in [1.165, 1.54) is 6.20 Å². The van der Waals surface area contributed by atoms with E-state index in [2.05, 4.69) is 14.8 Å². The van der Waals surface area contributed by atoms with Crippen LogP contribution in [0, 0.1) is 0 Å². The number of rotatable bonds is 5. The van der Waals surface area contributed by atoms with Crippen LogP contribution in [-0.2, 0) is 16.6 Å². The molecule has 4 N–H and O–H groups in total. The fourth-order valence-corrected chi connectivity index (χ4v) is 3.34. The number of hydrogen-bond acceptors (Lipinski definition) is 4. The summed E-state index contributed by atoms with van der Waals surface area (Å²) >= 11 is 0. The number of aromatic amines is 1. The number of hydrogen-bond donors (Lipinski definition) is 3. The number of nitrogens with one attached hydrogen (secondary N) is 2. The standard InChI is InChI=1S/C13H15N5O2S/c14-10-2-3-11-12(8-10)15-9-13(11)21(19,20)17-5-7-18-6-1-4-16-18/h1-4,6,8-9,15,17H,5,7,14H2. The van der Waals surface area contributed by atoms with Gasteiger partial charge in [-0.3, -0.25) is 4.68 Å². The van der Waals surface area contributed by atoms with Crippen LogP contribution in [0.3, 0.4) is 0 Å². The van der Waals surface area contributed by atoms with Gasteiger partial charge in [0.05, 0.1) is 6.54 Å². The van der Waals surface area contributed by atoms with Crippen LogP contribution in [0.1, 0.15) is 0 Å². The summed E-state index contributed by atoms with van der Waals surface area (Å²) in [7, 11) is -3.57. The molecule has 0 fully saturated rings. The first-order chi connectivity index (χ1) is 10.1. The van der Waals surface area contributed by atoms with Crippen molar-refractivity contribution >= 4 is 26.6 Å². The average molecular weight is 305 g/mol. The van der Waals surface area contributed by atoms with Crippen molar-refractivity contribution in [1.29, 1.82) is 0 Å². The third-order valence-corrected chi connectivity index (χ3v) is 4.65. The zero-order valence-corrected chi connectivity index (χ0v) is 12.0. The molecule has 1 aromatic carbocycles. The molecular weight excluding hydrogens is 290 g/mol. The van der Waals surface area contributed by atoms with Crippen molar-refractivity contribution in [1.82, 2.24) is 19.5 Å². The highest BCUT2D eigenvalue weighted by Crippen LogP contribution is 2.24. The number of anilines is 1. The first kappa shape index (κ1) is 13.7. The lowest BCUT2D eigenvalue weighted by atomic mass is 10.2. The fraction of sp³-hybridized carbons (Fsp3) is 0.154. The van der Waals surface area contributed by atoms with E-state index in [-0.39, 0.29) is 11.4 Å². The van der Waals surface area contributed by atoms with Crippen LogP contribution < -0.4 is 10.5 Å². The van der Waals surface area contributed by atoms with E-state index in [0.717, 1.165) is 0 Å². The zero-order chi connectivity index (χ0) is 14.9. The van der Waals surface area contributed by atoms with Crippen molar-refractivity contribution in [2.45, 2.75) is 11.4 Å². The lowest BCUT2D eigenvalue weighted by molar-refractivity contribution is 0.561. The molecular formula is C13H15N5O2S. The molecule has 2 heterocycles. The summed E-state index contributed by atoms with van der Waals surface area (Å²) in [6.07, 6.45) is 4.90. The van der Waals surface area contributed by atoms with Gasteiger partial charge in [0.25, 0.3) is 0 Å². The second kappa shape index (κ2) is 5.23. The van der Waals surface area contributed by atoms with Gasteiger partial charge in [-0.25, -0.2) is 13.1 Å². The second-order valence-electron chi connectivity index (χ2n) is 4.62. The molecule has 0 saturated heterocycles. The Morgan fingerprint density at radius 3 is 3.00 bits per heavy atom. The molecule has 0 radical (unpaired) electrons. The van der Waals surface area contributed by atoms with Crippen LogP contribution in [0.5, 0.6) is 0 Å². The van der Waals surface area contributed by atoms with E-state index in [0.29, 0.717) is 23.1 Å². The van der Waals surface area contributed by atoms with Gasteiger partial charge in [0, 0.05) is 41.7 Å². The van der Waals surface area contributed by atoms with Gasteiger partial charge in [-0.1, -0.05) is 0 Å². The van der Waals surface area contributed by atoms with Gasteiger partial charge < -0.3 is 10.7 Å². The average Bonchev–Trinajstić information content (AvgIpc) is 3.06. The lowest BCUT2D eigenvalue weighted by Gasteiger charge is -2.06. The quantitative estimate of drug-likeness (QED) is 0.609. The smallest absolute Gasteiger partial charge is 0.242 e. The van der Waals surface area contributed by atoms with Crippen LogP contribution in [0.2, 0.25) is 0 Å². The number of aromatic nitrogens is 3. The number of sulfonamides is 1. The van der Waals surface area contributed by atoms with Crippen molar-refractivity contribution in [3.8, 4) is 0 Å². The van der Waals surface area contributed by atoms with Gasteiger partial charge in [0.2, 0.25) is 10.0 Å². The number of nitrogens with zero attached hydrogens (tertiary/aromatic N) is 2.